The lowest BCUT2D eigenvalue weighted by molar-refractivity contribution is -0.128. The minimum atomic E-state index is -0.0598. The number of carbonyl (C=O) groups excluding carboxylic acids is 2. The van der Waals surface area contributed by atoms with Crippen LogP contribution in [0.2, 0.25) is 0 Å². The van der Waals surface area contributed by atoms with Crippen molar-refractivity contribution in [2.24, 2.45) is 5.41 Å². The van der Waals surface area contributed by atoms with Gasteiger partial charge in [0.2, 0.25) is 11.8 Å². The average molecular weight is 238 g/mol. The third kappa shape index (κ3) is 4.59. The lowest BCUT2D eigenvalue weighted by Gasteiger charge is -2.26. The van der Waals surface area contributed by atoms with Gasteiger partial charge in [0, 0.05) is 25.9 Å². The Morgan fingerprint density at radius 3 is 2.76 bits per heavy atom. The largest absolute Gasteiger partial charge is 0.351 e. The molecule has 0 bridgehead atoms. The third-order valence-electron chi connectivity index (χ3n) is 2.57. The first-order chi connectivity index (χ1) is 7.81. The molecule has 0 aromatic rings. The molecule has 4 nitrogen and oxygen atoms in total. The molecular formula is C13H22N2O2. The predicted octanol–water partition coefficient (Wildman–Crippen LogP) is 1.33. The van der Waals surface area contributed by atoms with Gasteiger partial charge in [-0.2, -0.15) is 0 Å². The Morgan fingerprint density at radius 2 is 2.24 bits per heavy atom. The molecule has 1 N–H and O–H groups in total. The van der Waals surface area contributed by atoms with Gasteiger partial charge < -0.3 is 10.2 Å². The number of carbonyl (C=O) groups is 2. The summed E-state index contributed by atoms with van der Waals surface area (Å²) in [5.74, 6) is 0.0687. The van der Waals surface area contributed by atoms with Gasteiger partial charge in [0.15, 0.2) is 0 Å². The fourth-order valence-electron chi connectivity index (χ4n) is 2.01. The van der Waals surface area contributed by atoms with Crippen LogP contribution in [0.1, 0.15) is 33.6 Å². The van der Waals surface area contributed by atoms with Gasteiger partial charge in [0.1, 0.15) is 0 Å². The summed E-state index contributed by atoms with van der Waals surface area (Å²) >= 11 is 0. The molecule has 1 unspecified atom stereocenters. The van der Waals surface area contributed by atoms with Crippen LogP contribution in [-0.2, 0) is 9.59 Å². The standard InChI is InChI=1S/C13H22N2O2/c1-5-6-11(16)14-10-7-12(17)15(8-10)9-13(2,3)4/h5,10H,1,6-9H2,2-4H3,(H,14,16). The van der Waals surface area contributed by atoms with Crippen molar-refractivity contribution >= 4 is 11.8 Å². The number of amides is 2. The first-order valence-electron chi connectivity index (χ1n) is 6.00. The zero-order valence-corrected chi connectivity index (χ0v) is 11.0. The van der Waals surface area contributed by atoms with Gasteiger partial charge in [-0.15, -0.1) is 6.58 Å². The Morgan fingerprint density at radius 1 is 1.59 bits per heavy atom. The zero-order valence-electron chi connectivity index (χ0n) is 11.0. The molecule has 2 amide bonds. The molecule has 0 aromatic heterocycles. The Balaban J connectivity index is 2.46. The van der Waals surface area contributed by atoms with E-state index in [-0.39, 0.29) is 23.3 Å². The van der Waals surface area contributed by atoms with Crippen LogP contribution in [0.25, 0.3) is 0 Å². The summed E-state index contributed by atoms with van der Waals surface area (Å²) in [5.41, 5.74) is 0.0929. The molecule has 1 aliphatic heterocycles. The van der Waals surface area contributed by atoms with E-state index in [9.17, 15) is 9.59 Å². The second-order valence-corrected chi connectivity index (χ2v) is 5.80. The van der Waals surface area contributed by atoms with Crippen molar-refractivity contribution in [1.82, 2.24) is 10.2 Å². The molecule has 4 heteroatoms. The normalized spacial score (nSPS) is 20.5. The smallest absolute Gasteiger partial charge is 0.224 e. The molecule has 0 radical (unpaired) electrons. The molecule has 0 aromatic carbocycles. The Kier molecular flexibility index (Phi) is 4.32. The van der Waals surface area contributed by atoms with Crippen LogP contribution in [0.5, 0.6) is 0 Å². The second kappa shape index (κ2) is 5.34. The summed E-state index contributed by atoms with van der Waals surface area (Å²) in [5, 5.41) is 2.85. The number of nitrogens with zero attached hydrogens (tertiary/aromatic N) is 1. The molecule has 1 heterocycles. The molecule has 1 atom stereocenters. The van der Waals surface area contributed by atoms with Crippen molar-refractivity contribution in [3.8, 4) is 0 Å². The predicted molar refractivity (Wildman–Crippen MR) is 67.4 cm³/mol. The first-order valence-corrected chi connectivity index (χ1v) is 6.00. The monoisotopic (exact) mass is 238 g/mol. The number of hydrogen-bond acceptors (Lipinski definition) is 2. The summed E-state index contributed by atoms with van der Waals surface area (Å²) in [6.45, 7) is 11.2. The van der Waals surface area contributed by atoms with Gasteiger partial charge in [-0.25, -0.2) is 0 Å². The Labute approximate surface area is 103 Å². The van der Waals surface area contributed by atoms with E-state index in [4.69, 9.17) is 0 Å². The van der Waals surface area contributed by atoms with Gasteiger partial charge in [0.05, 0.1) is 6.04 Å². The number of nitrogens with one attached hydrogen (secondary N) is 1. The van der Waals surface area contributed by atoms with Gasteiger partial charge in [-0.1, -0.05) is 26.8 Å². The highest BCUT2D eigenvalue weighted by molar-refractivity contribution is 5.82. The second-order valence-electron chi connectivity index (χ2n) is 5.80. The van der Waals surface area contributed by atoms with E-state index >= 15 is 0 Å². The average Bonchev–Trinajstić information content (AvgIpc) is 2.44. The molecule has 1 rings (SSSR count). The van der Waals surface area contributed by atoms with Crippen molar-refractivity contribution < 1.29 is 9.59 Å². The van der Waals surface area contributed by atoms with Crippen LogP contribution in [-0.4, -0.2) is 35.8 Å². The molecular weight excluding hydrogens is 216 g/mol. The highest BCUT2D eigenvalue weighted by Crippen LogP contribution is 2.20. The zero-order chi connectivity index (χ0) is 13.1. The van der Waals surface area contributed by atoms with Gasteiger partial charge in [-0.05, 0) is 5.41 Å². The molecule has 96 valence electrons. The Bertz CT molecular complexity index is 318. The van der Waals surface area contributed by atoms with E-state index in [2.05, 4.69) is 32.7 Å². The quantitative estimate of drug-likeness (QED) is 0.751. The van der Waals surface area contributed by atoms with Crippen molar-refractivity contribution in [3.63, 3.8) is 0 Å². The van der Waals surface area contributed by atoms with Crippen LogP contribution in [0, 0.1) is 5.41 Å². The fourth-order valence-corrected chi connectivity index (χ4v) is 2.01. The fraction of sp³-hybridized carbons (Fsp3) is 0.692. The van der Waals surface area contributed by atoms with Crippen molar-refractivity contribution in [1.29, 1.82) is 0 Å². The van der Waals surface area contributed by atoms with Gasteiger partial charge >= 0.3 is 0 Å². The molecule has 1 saturated heterocycles. The third-order valence-corrected chi connectivity index (χ3v) is 2.57. The molecule has 0 spiro atoms. The lowest BCUT2D eigenvalue weighted by Crippen LogP contribution is -2.38. The van der Waals surface area contributed by atoms with Crippen LogP contribution >= 0.6 is 0 Å². The van der Waals surface area contributed by atoms with Crippen molar-refractivity contribution in [3.05, 3.63) is 12.7 Å². The van der Waals surface area contributed by atoms with Crippen LogP contribution in [0.3, 0.4) is 0 Å². The number of rotatable bonds is 4. The SMILES string of the molecule is C=CCC(=O)NC1CC(=O)N(CC(C)(C)C)C1. The van der Waals surface area contributed by atoms with Crippen molar-refractivity contribution in [2.45, 2.75) is 39.7 Å². The van der Waals surface area contributed by atoms with Crippen LogP contribution in [0.15, 0.2) is 12.7 Å². The van der Waals surface area contributed by atoms with Gasteiger partial charge in [0.25, 0.3) is 0 Å². The van der Waals surface area contributed by atoms with E-state index in [1.807, 2.05) is 4.90 Å². The molecule has 1 aliphatic rings. The van der Waals surface area contributed by atoms with Gasteiger partial charge in [-0.3, -0.25) is 9.59 Å². The maximum atomic E-state index is 11.8. The summed E-state index contributed by atoms with van der Waals surface area (Å²) in [7, 11) is 0. The summed E-state index contributed by atoms with van der Waals surface area (Å²) < 4.78 is 0. The van der Waals surface area contributed by atoms with E-state index in [0.29, 0.717) is 19.4 Å². The minimum Gasteiger partial charge on any atom is -0.351 e. The van der Waals surface area contributed by atoms with Crippen LogP contribution in [0.4, 0.5) is 0 Å². The topological polar surface area (TPSA) is 49.4 Å². The highest BCUT2D eigenvalue weighted by Gasteiger charge is 2.32. The van der Waals surface area contributed by atoms with Crippen LogP contribution < -0.4 is 5.32 Å². The number of likely N-dealkylation sites (tertiary alicyclic amines) is 1. The molecule has 0 saturated carbocycles. The van der Waals surface area contributed by atoms with Crippen molar-refractivity contribution in [2.75, 3.05) is 13.1 Å². The molecule has 17 heavy (non-hydrogen) atoms. The highest BCUT2D eigenvalue weighted by atomic mass is 16.2. The Hall–Kier alpha value is -1.32. The van der Waals surface area contributed by atoms with E-state index in [1.165, 1.54) is 0 Å². The summed E-state index contributed by atoms with van der Waals surface area (Å²) in [6, 6.07) is -0.0442. The summed E-state index contributed by atoms with van der Waals surface area (Å²) in [4.78, 5) is 25.0. The van der Waals surface area contributed by atoms with E-state index < -0.39 is 0 Å². The van der Waals surface area contributed by atoms with E-state index in [1.54, 1.807) is 6.08 Å². The summed E-state index contributed by atoms with van der Waals surface area (Å²) in [6.07, 6.45) is 2.29. The maximum Gasteiger partial charge on any atom is 0.224 e. The maximum absolute atomic E-state index is 11.8. The first kappa shape index (κ1) is 13.7. The lowest BCUT2D eigenvalue weighted by atomic mass is 9.96. The molecule has 1 fully saturated rings. The number of hydrogen-bond donors (Lipinski definition) is 1. The van der Waals surface area contributed by atoms with E-state index in [0.717, 1.165) is 6.54 Å². The minimum absolute atomic E-state index is 0.0442. The molecule has 0 aliphatic carbocycles.